The van der Waals surface area contributed by atoms with E-state index in [9.17, 15) is 4.39 Å². The fraction of sp³-hybridized carbons (Fsp3) is 0.842. The molecule has 0 aromatic carbocycles. The summed E-state index contributed by atoms with van der Waals surface area (Å²) >= 11 is 0. The van der Waals surface area contributed by atoms with Crippen molar-refractivity contribution in [1.82, 2.24) is 4.90 Å². The van der Waals surface area contributed by atoms with Crippen LogP contribution < -0.4 is 0 Å². The highest BCUT2D eigenvalue weighted by Crippen LogP contribution is 2.56. The number of fused-ring (bicyclic) bond motifs is 2. The number of hydrogen-bond acceptors (Lipinski definition) is 2. The van der Waals surface area contributed by atoms with Crippen molar-refractivity contribution in [3.8, 4) is 0 Å². The molecule has 0 amide bonds. The maximum absolute atomic E-state index is 14.3. The Morgan fingerprint density at radius 2 is 1.86 bits per heavy atom. The van der Waals surface area contributed by atoms with E-state index < -0.39 is 6.17 Å². The molecule has 0 bridgehead atoms. The van der Waals surface area contributed by atoms with Crippen LogP contribution >= 0.6 is 0 Å². The number of aliphatic imine (C=N–C) groups is 1. The van der Waals surface area contributed by atoms with Crippen molar-refractivity contribution in [2.24, 2.45) is 21.7 Å². The van der Waals surface area contributed by atoms with E-state index in [1.165, 1.54) is 24.1 Å². The third kappa shape index (κ3) is 2.15. The van der Waals surface area contributed by atoms with Crippen LogP contribution in [0.1, 0.15) is 67.7 Å². The molecule has 0 radical (unpaired) electrons. The second-order valence-electron chi connectivity index (χ2n) is 9.39. The molecule has 3 rings (SSSR count). The average molecular weight is 306 g/mol. The lowest BCUT2D eigenvalue weighted by Gasteiger charge is -2.53. The predicted molar refractivity (Wildman–Crippen MR) is 90.7 cm³/mol. The molecule has 2 unspecified atom stereocenters. The summed E-state index contributed by atoms with van der Waals surface area (Å²) < 4.78 is 14.3. The molecule has 22 heavy (non-hydrogen) atoms. The standard InChI is InChI=1S/C19H31FN2/c1-12-8-9-18(5,6)15-14-10-13(20)11-22(14)16(17(2,3)4)21-19(12,15)7/h12-13H,8-11H2,1-7H3/t12?,13?,19-/m1/s1. The van der Waals surface area contributed by atoms with Crippen molar-refractivity contribution in [3.63, 3.8) is 0 Å². The Labute approximate surface area is 134 Å². The topological polar surface area (TPSA) is 15.6 Å². The quantitative estimate of drug-likeness (QED) is 0.618. The van der Waals surface area contributed by atoms with Crippen LogP contribution in [0.5, 0.6) is 0 Å². The van der Waals surface area contributed by atoms with Gasteiger partial charge >= 0.3 is 0 Å². The van der Waals surface area contributed by atoms with E-state index in [0.29, 0.717) is 18.9 Å². The van der Waals surface area contributed by atoms with E-state index in [1.54, 1.807) is 0 Å². The average Bonchev–Trinajstić information content (AvgIpc) is 2.72. The maximum atomic E-state index is 14.3. The number of allylic oxidation sites excluding steroid dienone is 1. The van der Waals surface area contributed by atoms with Gasteiger partial charge in [0.25, 0.3) is 0 Å². The van der Waals surface area contributed by atoms with Gasteiger partial charge in [-0.1, -0.05) is 41.5 Å². The number of alkyl halides is 1. The summed E-state index contributed by atoms with van der Waals surface area (Å²) in [5.41, 5.74) is 2.55. The molecule has 3 heteroatoms. The molecule has 0 aromatic rings. The van der Waals surface area contributed by atoms with Crippen LogP contribution in [0, 0.1) is 16.7 Å². The van der Waals surface area contributed by atoms with Crippen molar-refractivity contribution >= 4 is 5.84 Å². The first-order valence-corrected chi connectivity index (χ1v) is 8.73. The third-order valence-electron chi connectivity index (χ3n) is 6.02. The molecule has 2 aliphatic heterocycles. The third-order valence-corrected chi connectivity index (χ3v) is 6.02. The molecule has 124 valence electrons. The van der Waals surface area contributed by atoms with Crippen LogP contribution in [0.3, 0.4) is 0 Å². The SMILES string of the molecule is CC1CCC(C)(C)C2=C3CC(F)CN3C(C(C)(C)C)=N[C@@]21C. The molecule has 2 heterocycles. The number of amidine groups is 1. The highest BCUT2D eigenvalue weighted by Gasteiger charge is 2.53. The number of rotatable bonds is 0. The van der Waals surface area contributed by atoms with Crippen LogP contribution in [-0.2, 0) is 0 Å². The van der Waals surface area contributed by atoms with E-state index in [1.807, 2.05) is 0 Å². The van der Waals surface area contributed by atoms with Crippen LogP contribution in [0.25, 0.3) is 0 Å². The van der Waals surface area contributed by atoms with Gasteiger partial charge in [0.2, 0.25) is 0 Å². The molecule has 0 spiro atoms. The number of hydrogen-bond donors (Lipinski definition) is 0. The van der Waals surface area contributed by atoms with Gasteiger partial charge < -0.3 is 4.90 Å². The molecule has 1 aliphatic carbocycles. The van der Waals surface area contributed by atoms with Gasteiger partial charge in [-0.25, -0.2) is 4.39 Å². The first-order valence-electron chi connectivity index (χ1n) is 8.73. The Balaban J connectivity index is 2.23. The molecule has 2 fully saturated rings. The van der Waals surface area contributed by atoms with Crippen molar-refractivity contribution < 1.29 is 4.39 Å². The van der Waals surface area contributed by atoms with Crippen molar-refractivity contribution in [2.75, 3.05) is 6.54 Å². The zero-order valence-electron chi connectivity index (χ0n) is 15.3. The van der Waals surface area contributed by atoms with Gasteiger partial charge in [0, 0.05) is 17.5 Å². The van der Waals surface area contributed by atoms with E-state index >= 15 is 0 Å². The molecular formula is C19H31FN2. The summed E-state index contributed by atoms with van der Waals surface area (Å²) in [7, 11) is 0. The zero-order chi connectivity index (χ0) is 16.5. The van der Waals surface area contributed by atoms with Crippen molar-refractivity contribution in [2.45, 2.75) is 79.4 Å². The van der Waals surface area contributed by atoms with Gasteiger partial charge in [-0.2, -0.15) is 0 Å². The first kappa shape index (κ1) is 16.0. The summed E-state index contributed by atoms with van der Waals surface area (Å²) in [4.78, 5) is 7.49. The Hall–Kier alpha value is -0.860. The van der Waals surface area contributed by atoms with Crippen LogP contribution in [0.4, 0.5) is 4.39 Å². The molecule has 3 atom stereocenters. The minimum Gasteiger partial charge on any atom is -0.330 e. The van der Waals surface area contributed by atoms with Crippen LogP contribution in [0.15, 0.2) is 16.3 Å². The summed E-state index contributed by atoms with van der Waals surface area (Å²) in [6, 6.07) is 0. The minimum atomic E-state index is -0.759. The Bertz CT molecular complexity index is 552. The van der Waals surface area contributed by atoms with Gasteiger partial charge in [-0.15, -0.1) is 0 Å². The molecule has 0 aromatic heterocycles. The van der Waals surface area contributed by atoms with Gasteiger partial charge in [-0.3, -0.25) is 4.99 Å². The van der Waals surface area contributed by atoms with Crippen LogP contribution in [-0.4, -0.2) is 29.0 Å². The highest BCUT2D eigenvalue weighted by molar-refractivity contribution is 5.91. The van der Waals surface area contributed by atoms with E-state index in [2.05, 4.69) is 53.4 Å². The number of halogens is 1. The molecular weight excluding hydrogens is 275 g/mol. The smallest absolute Gasteiger partial charge is 0.123 e. The Kier molecular flexibility index (Phi) is 3.33. The second kappa shape index (κ2) is 4.58. The lowest BCUT2D eigenvalue weighted by molar-refractivity contribution is 0.179. The summed E-state index contributed by atoms with van der Waals surface area (Å²) in [6.45, 7) is 16.3. The van der Waals surface area contributed by atoms with E-state index in [4.69, 9.17) is 4.99 Å². The second-order valence-corrected chi connectivity index (χ2v) is 9.39. The molecule has 2 nitrogen and oxygen atoms in total. The molecule has 1 saturated carbocycles. The van der Waals surface area contributed by atoms with Gasteiger partial charge in [0.15, 0.2) is 0 Å². The molecule has 0 N–H and O–H groups in total. The van der Waals surface area contributed by atoms with E-state index in [0.717, 1.165) is 5.84 Å². The Morgan fingerprint density at radius 1 is 1.23 bits per heavy atom. The fourth-order valence-corrected chi connectivity index (χ4v) is 4.76. The fourth-order valence-electron chi connectivity index (χ4n) is 4.76. The van der Waals surface area contributed by atoms with Gasteiger partial charge in [0.1, 0.15) is 12.0 Å². The first-order chi connectivity index (χ1) is 9.97. The van der Waals surface area contributed by atoms with Crippen molar-refractivity contribution in [3.05, 3.63) is 11.3 Å². The largest absolute Gasteiger partial charge is 0.330 e. The monoisotopic (exact) mass is 306 g/mol. The lowest BCUT2D eigenvalue weighted by Crippen LogP contribution is -2.53. The maximum Gasteiger partial charge on any atom is 0.123 e. The van der Waals surface area contributed by atoms with E-state index in [-0.39, 0.29) is 16.4 Å². The lowest BCUT2D eigenvalue weighted by atomic mass is 9.59. The minimum absolute atomic E-state index is 0.0504. The Morgan fingerprint density at radius 3 is 2.45 bits per heavy atom. The van der Waals surface area contributed by atoms with Crippen LogP contribution in [0.2, 0.25) is 0 Å². The molecule has 3 aliphatic rings. The summed E-state index contributed by atoms with van der Waals surface area (Å²) in [6.07, 6.45) is 2.18. The zero-order valence-corrected chi connectivity index (χ0v) is 15.3. The van der Waals surface area contributed by atoms with Crippen molar-refractivity contribution in [1.29, 1.82) is 0 Å². The van der Waals surface area contributed by atoms with Gasteiger partial charge in [0.05, 0.1) is 12.1 Å². The molecule has 1 saturated heterocycles. The predicted octanol–water partition coefficient (Wildman–Crippen LogP) is 4.96. The van der Waals surface area contributed by atoms with Gasteiger partial charge in [-0.05, 0) is 36.7 Å². The normalized spacial score (nSPS) is 37.8. The highest BCUT2D eigenvalue weighted by atomic mass is 19.1. The summed E-state index contributed by atoms with van der Waals surface area (Å²) in [5, 5.41) is 0. The number of nitrogens with zero attached hydrogens (tertiary/aromatic N) is 2. The summed E-state index contributed by atoms with van der Waals surface area (Å²) in [5.74, 6) is 1.60.